The van der Waals surface area contributed by atoms with Crippen molar-refractivity contribution in [3.63, 3.8) is 0 Å². The van der Waals surface area contributed by atoms with Gasteiger partial charge in [0.1, 0.15) is 24.6 Å². The van der Waals surface area contributed by atoms with E-state index < -0.39 is 24.2 Å². The average molecular weight is 515 g/mol. The third kappa shape index (κ3) is 4.58. The Morgan fingerprint density at radius 3 is 2.53 bits per heavy atom. The summed E-state index contributed by atoms with van der Waals surface area (Å²) in [6.45, 7) is 3.65. The monoisotopic (exact) mass is 514 g/mol. The Kier molecular flexibility index (Phi) is 6.79. The summed E-state index contributed by atoms with van der Waals surface area (Å²) in [7, 11) is 0. The Morgan fingerprint density at radius 1 is 1.03 bits per heavy atom. The van der Waals surface area contributed by atoms with Gasteiger partial charge >= 0.3 is 0 Å². The summed E-state index contributed by atoms with van der Waals surface area (Å²) in [5.74, 6) is 0.113. The second kappa shape index (κ2) is 10.1. The number of H-pyrrole nitrogens is 1. The Balaban J connectivity index is 1.43. The first-order chi connectivity index (χ1) is 18.2. The number of ether oxygens (including phenoxy) is 1. The number of hydrogen-bond donors (Lipinski definition) is 5. The highest BCUT2D eigenvalue weighted by atomic mass is 16.5. The fourth-order valence-electron chi connectivity index (χ4n) is 4.94. The first kappa shape index (κ1) is 25.7. The molecule has 0 radical (unpaired) electrons. The van der Waals surface area contributed by atoms with Crippen LogP contribution in [-0.2, 0) is 12.0 Å². The van der Waals surface area contributed by atoms with Crippen LogP contribution in [0.15, 0.2) is 66.7 Å². The van der Waals surface area contributed by atoms with Crippen LogP contribution >= 0.6 is 0 Å². The van der Waals surface area contributed by atoms with Crippen molar-refractivity contribution in [1.29, 1.82) is 0 Å². The highest BCUT2D eigenvalue weighted by molar-refractivity contribution is 6.20. The lowest BCUT2D eigenvalue weighted by molar-refractivity contribution is -0.0339. The molecule has 2 unspecified atom stereocenters. The number of aliphatic hydroxyl groups excluding tert-OH is 3. The minimum Gasteiger partial charge on any atom is -0.491 e. The molecule has 0 bridgehead atoms. The van der Waals surface area contributed by atoms with E-state index in [9.17, 15) is 19.8 Å². The summed E-state index contributed by atoms with van der Waals surface area (Å²) in [5, 5.41) is 32.2. The zero-order valence-corrected chi connectivity index (χ0v) is 21.2. The molecule has 38 heavy (non-hydrogen) atoms. The van der Waals surface area contributed by atoms with Crippen LogP contribution in [-0.4, -0.2) is 57.4 Å². The van der Waals surface area contributed by atoms with Crippen LogP contribution in [0.5, 0.6) is 5.75 Å². The minimum atomic E-state index is -1.30. The zero-order valence-electron chi connectivity index (χ0n) is 21.2. The molecule has 1 amide bonds. The molecule has 0 aliphatic heterocycles. The number of aliphatic hydroxyl groups is 3. The quantitative estimate of drug-likeness (QED) is 0.246. The summed E-state index contributed by atoms with van der Waals surface area (Å²) in [6.07, 6.45) is -2.55. The molecule has 1 heterocycles. The first-order valence-electron chi connectivity index (χ1n) is 12.5. The molecule has 8 nitrogen and oxygen atoms in total. The second-order valence-electron chi connectivity index (χ2n) is 10.1. The zero-order chi connectivity index (χ0) is 27.0. The molecule has 0 saturated carbocycles. The van der Waals surface area contributed by atoms with E-state index in [0.717, 1.165) is 22.2 Å². The van der Waals surface area contributed by atoms with Gasteiger partial charge in [-0.3, -0.25) is 9.59 Å². The van der Waals surface area contributed by atoms with Crippen molar-refractivity contribution >= 4 is 22.6 Å². The lowest BCUT2D eigenvalue weighted by Gasteiger charge is -2.32. The van der Waals surface area contributed by atoms with Crippen molar-refractivity contribution in [3.05, 3.63) is 100 Å². The molecule has 1 aromatic heterocycles. The number of aromatic amines is 1. The van der Waals surface area contributed by atoms with Crippen molar-refractivity contribution in [2.75, 3.05) is 13.2 Å². The average Bonchev–Trinajstić information content (AvgIpc) is 3.34. The van der Waals surface area contributed by atoms with Crippen LogP contribution in [0.1, 0.15) is 56.9 Å². The van der Waals surface area contributed by atoms with E-state index in [1.807, 2.05) is 50.2 Å². The summed E-state index contributed by atoms with van der Waals surface area (Å²) in [5.41, 5.74) is 4.26. The summed E-state index contributed by atoms with van der Waals surface area (Å²) in [6, 6.07) is 20.1. The normalized spacial score (nSPS) is 15.4. The van der Waals surface area contributed by atoms with Crippen LogP contribution in [0, 0.1) is 0 Å². The topological polar surface area (TPSA) is 132 Å². The van der Waals surface area contributed by atoms with E-state index in [-0.39, 0.29) is 18.3 Å². The summed E-state index contributed by atoms with van der Waals surface area (Å²) in [4.78, 5) is 29.8. The number of nitrogens with one attached hydrogen (secondary N) is 2. The van der Waals surface area contributed by atoms with Crippen molar-refractivity contribution < 1.29 is 29.6 Å². The number of rotatable bonds is 8. The molecule has 8 heteroatoms. The van der Waals surface area contributed by atoms with Crippen molar-refractivity contribution in [3.8, 4) is 5.75 Å². The number of amides is 1. The summed E-state index contributed by atoms with van der Waals surface area (Å²) >= 11 is 0. The van der Waals surface area contributed by atoms with Gasteiger partial charge in [-0.15, -0.1) is 0 Å². The maximum Gasteiger partial charge on any atom is 0.251 e. The third-order valence-corrected chi connectivity index (χ3v) is 7.17. The molecule has 5 rings (SSSR count). The number of carbonyl (C=O) groups excluding carboxylic acids is 2. The number of carbonyl (C=O) groups is 2. The molecule has 2 atom stereocenters. The number of hydrogen-bond acceptors (Lipinski definition) is 6. The molecule has 4 aromatic rings. The minimum absolute atomic E-state index is 0.121. The lowest BCUT2D eigenvalue weighted by atomic mass is 9.71. The highest BCUT2D eigenvalue weighted by Crippen LogP contribution is 2.44. The van der Waals surface area contributed by atoms with Gasteiger partial charge in [0, 0.05) is 39.7 Å². The predicted molar refractivity (Wildman–Crippen MR) is 143 cm³/mol. The lowest BCUT2D eigenvalue weighted by Crippen LogP contribution is -2.34. The Hall–Kier alpha value is -3.98. The van der Waals surface area contributed by atoms with Gasteiger partial charge in [0.2, 0.25) is 0 Å². The standard InChI is InChI=1S/C30H30N2O6/c1-30(2)22-13-19(38-16-25(35)24(34)15-33)9-11-20(22)27(36)26-21-10-8-18(12-23(21)32-28(26)30)29(37)31-14-17-6-4-3-5-7-17/h3-13,24-25,32-35H,14-16H2,1-2H3,(H,31,37). The van der Waals surface area contributed by atoms with E-state index in [1.165, 1.54) is 0 Å². The molecule has 3 aromatic carbocycles. The number of aromatic nitrogens is 1. The maximum atomic E-state index is 13.6. The largest absolute Gasteiger partial charge is 0.491 e. The van der Waals surface area contributed by atoms with Crippen molar-refractivity contribution in [1.82, 2.24) is 10.3 Å². The van der Waals surface area contributed by atoms with Gasteiger partial charge in [-0.25, -0.2) is 0 Å². The first-order valence-corrected chi connectivity index (χ1v) is 12.5. The van der Waals surface area contributed by atoms with E-state index in [2.05, 4.69) is 10.3 Å². The van der Waals surface area contributed by atoms with Crippen molar-refractivity contribution in [2.24, 2.45) is 0 Å². The van der Waals surface area contributed by atoms with Gasteiger partial charge in [-0.05, 0) is 41.5 Å². The number of fused-ring (bicyclic) bond motifs is 4. The highest BCUT2D eigenvalue weighted by Gasteiger charge is 2.40. The van der Waals surface area contributed by atoms with E-state index in [1.54, 1.807) is 30.3 Å². The van der Waals surface area contributed by atoms with E-state index in [4.69, 9.17) is 9.84 Å². The summed E-state index contributed by atoms with van der Waals surface area (Å²) < 4.78 is 5.64. The molecular weight excluding hydrogens is 484 g/mol. The van der Waals surface area contributed by atoms with E-state index in [0.29, 0.717) is 34.5 Å². The van der Waals surface area contributed by atoms with Gasteiger partial charge in [0.25, 0.3) is 5.91 Å². The fraction of sp³-hybridized carbons (Fsp3) is 0.267. The molecule has 0 fully saturated rings. The molecule has 1 aliphatic rings. The SMILES string of the molecule is CC1(C)c2cc(OCC(O)C(O)CO)ccc2C(=O)c2c1[nH]c1cc(C(=O)NCc3ccccc3)ccc21. The van der Waals surface area contributed by atoms with Crippen LogP contribution in [0.2, 0.25) is 0 Å². The Labute approximate surface area is 219 Å². The van der Waals surface area contributed by atoms with Crippen LogP contribution < -0.4 is 10.1 Å². The molecule has 196 valence electrons. The van der Waals surface area contributed by atoms with E-state index >= 15 is 0 Å². The van der Waals surface area contributed by atoms with Crippen LogP contribution in [0.4, 0.5) is 0 Å². The molecule has 1 aliphatic carbocycles. The number of ketones is 1. The van der Waals surface area contributed by atoms with Gasteiger partial charge in [0.05, 0.1) is 12.2 Å². The number of benzene rings is 3. The molecule has 0 saturated heterocycles. The molecular formula is C30H30N2O6. The third-order valence-electron chi connectivity index (χ3n) is 7.17. The maximum absolute atomic E-state index is 13.6. The Morgan fingerprint density at radius 2 is 1.79 bits per heavy atom. The smallest absolute Gasteiger partial charge is 0.251 e. The van der Waals surface area contributed by atoms with Gasteiger partial charge < -0.3 is 30.4 Å². The van der Waals surface area contributed by atoms with Crippen LogP contribution in [0.25, 0.3) is 10.9 Å². The predicted octanol–water partition coefficient (Wildman–Crippen LogP) is 3.06. The Bertz CT molecular complexity index is 1510. The van der Waals surface area contributed by atoms with Crippen LogP contribution in [0.3, 0.4) is 0 Å². The van der Waals surface area contributed by atoms with Gasteiger partial charge in [-0.2, -0.15) is 0 Å². The van der Waals surface area contributed by atoms with Gasteiger partial charge in [-0.1, -0.05) is 50.2 Å². The second-order valence-corrected chi connectivity index (χ2v) is 10.1. The molecule has 5 N–H and O–H groups in total. The fourth-order valence-corrected chi connectivity index (χ4v) is 4.94. The van der Waals surface area contributed by atoms with Gasteiger partial charge in [0.15, 0.2) is 5.78 Å². The molecule has 0 spiro atoms. The van der Waals surface area contributed by atoms with Crippen molar-refractivity contribution in [2.45, 2.75) is 38.0 Å².